The van der Waals surface area contributed by atoms with Crippen LogP contribution in [0.15, 0.2) is 0 Å². The summed E-state index contributed by atoms with van der Waals surface area (Å²) in [6, 6.07) is 0. The summed E-state index contributed by atoms with van der Waals surface area (Å²) in [7, 11) is 0. The molecule has 0 spiro atoms. The average Bonchev–Trinajstić information content (AvgIpc) is 1.93. The molecule has 0 aromatic carbocycles. The number of nitrogens with one attached hydrogen (secondary N) is 1. The molecule has 1 fully saturated rings. The lowest BCUT2D eigenvalue weighted by molar-refractivity contribution is 0.164. The van der Waals surface area contributed by atoms with E-state index in [2.05, 4.69) is 21.5 Å². The summed E-state index contributed by atoms with van der Waals surface area (Å²) in [5.41, 5.74) is 0. The standard InChI is InChI=1S/C5H11BrN2O/c6-8-2-1-7-3-5(9)4-8/h5,7,9H,1-4H2. The Balaban J connectivity index is 2.29. The highest BCUT2D eigenvalue weighted by atomic mass is 79.9. The molecule has 0 bridgehead atoms. The van der Waals surface area contributed by atoms with Gasteiger partial charge in [0.25, 0.3) is 0 Å². The van der Waals surface area contributed by atoms with Crippen molar-refractivity contribution in [1.82, 2.24) is 9.24 Å². The maximum absolute atomic E-state index is 9.13. The van der Waals surface area contributed by atoms with Crippen molar-refractivity contribution < 1.29 is 5.11 Å². The van der Waals surface area contributed by atoms with E-state index in [0.29, 0.717) is 13.1 Å². The van der Waals surface area contributed by atoms with E-state index < -0.39 is 0 Å². The first-order valence-corrected chi connectivity index (χ1v) is 3.79. The van der Waals surface area contributed by atoms with Crippen LogP contribution in [0.1, 0.15) is 0 Å². The van der Waals surface area contributed by atoms with Crippen molar-refractivity contribution >= 4 is 16.1 Å². The van der Waals surface area contributed by atoms with E-state index in [0.717, 1.165) is 13.1 Å². The lowest BCUT2D eigenvalue weighted by Gasteiger charge is -2.11. The number of aliphatic hydroxyl groups is 1. The summed E-state index contributed by atoms with van der Waals surface area (Å²) in [5.74, 6) is 0. The Hall–Kier alpha value is 0.360. The number of hydrogen-bond donors (Lipinski definition) is 2. The Morgan fingerprint density at radius 1 is 1.67 bits per heavy atom. The molecule has 1 aliphatic rings. The fraction of sp³-hybridized carbons (Fsp3) is 1.00. The molecule has 1 unspecified atom stereocenters. The molecule has 0 aromatic heterocycles. The van der Waals surface area contributed by atoms with Crippen LogP contribution in [0.3, 0.4) is 0 Å². The minimum atomic E-state index is -0.230. The number of aliphatic hydroxyl groups excluding tert-OH is 1. The van der Waals surface area contributed by atoms with Gasteiger partial charge in [-0.25, -0.2) is 3.93 Å². The van der Waals surface area contributed by atoms with E-state index in [4.69, 9.17) is 5.11 Å². The minimum absolute atomic E-state index is 0.230. The molecule has 0 aliphatic carbocycles. The quantitative estimate of drug-likeness (QED) is 0.514. The van der Waals surface area contributed by atoms with Gasteiger partial charge in [0.1, 0.15) is 0 Å². The van der Waals surface area contributed by atoms with Crippen LogP contribution in [0.4, 0.5) is 0 Å². The largest absolute Gasteiger partial charge is 0.390 e. The third-order valence-corrected chi connectivity index (χ3v) is 1.96. The third kappa shape index (κ3) is 2.62. The van der Waals surface area contributed by atoms with Crippen LogP contribution in [0.2, 0.25) is 0 Å². The molecule has 2 N–H and O–H groups in total. The molecular formula is C5H11BrN2O. The first-order valence-electron chi connectivity index (χ1n) is 3.08. The summed E-state index contributed by atoms with van der Waals surface area (Å²) in [6.07, 6.45) is -0.230. The van der Waals surface area contributed by atoms with Crippen molar-refractivity contribution in [2.45, 2.75) is 6.10 Å². The lowest BCUT2D eigenvalue weighted by atomic mass is 10.4. The van der Waals surface area contributed by atoms with E-state index in [9.17, 15) is 0 Å². The molecule has 54 valence electrons. The summed E-state index contributed by atoms with van der Waals surface area (Å²) in [5, 5.41) is 12.2. The topological polar surface area (TPSA) is 35.5 Å². The van der Waals surface area contributed by atoms with E-state index >= 15 is 0 Å². The van der Waals surface area contributed by atoms with Gasteiger partial charge in [0.2, 0.25) is 0 Å². The molecular weight excluding hydrogens is 184 g/mol. The molecule has 9 heavy (non-hydrogen) atoms. The summed E-state index contributed by atoms with van der Waals surface area (Å²) in [6.45, 7) is 3.33. The Morgan fingerprint density at radius 2 is 2.44 bits per heavy atom. The van der Waals surface area contributed by atoms with Gasteiger partial charge >= 0.3 is 0 Å². The van der Waals surface area contributed by atoms with Crippen LogP contribution in [0, 0.1) is 0 Å². The Bertz CT molecular complexity index is 81.0. The molecule has 1 heterocycles. The van der Waals surface area contributed by atoms with Crippen LogP contribution in [-0.4, -0.2) is 41.3 Å². The monoisotopic (exact) mass is 194 g/mol. The van der Waals surface area contributed by atoms with E-state index in [1.165, 1.54) is 0 Å². The van der Waals surface area contributed by atoms with Gasteiger partial charge in [-0.2, -0.15) is 0 Å². The zero-order valence-electron chi connectivity index (χ0n) is 5.18. The second-order valence-corrected chi connectivity index (χ2v) is 3.23. The molecule has 0 radical (unpaired) electrons. The van der Waals surface area contributed by atoms with Crippen molar-refractivity contribution in [3.8, 4) is 0 Å². The fourth-order valence-electron chi connectivity index (χ4n) is 0.854. The number of rotatable bonds is 0. The van der Waals surface area contributed by atoms with Gasteiger partial charge in [-0.15, -0.1) is 0 Å². The summed E-state index contributed by atoms with van der Waals surface area (Å²) < 4.78 is 1.94. The van der Waals surface area contributed by atoms with E-state index in [-0.39, 0.29) is 6.10 Å². The number of halogens is 1. The van der Waals surface area contributed by atoms with Gasteiger partial charge in [-0.05, 0) is 0 Å². The van der Waals surface area contributed by atoms with Crippen LogP contribution in [0.5, 0.6) is 0 Å². The predicted octanol–water partition coefficient (Wildman–Crippen LogP) is -0.438. The van der Waals surface area contributed by atoms with Crippen molar-refractivity contribution in [2.75, 3.05) is 26.2 Å². The van der Waals surface area contributed by atoms with Gasteiger partial charge in [-0.3, -0.25) is 0 Å². The second-order valence-electron chi connectivity index (χ2n) is 2.23. The minimum Gasteiger partial charge on any atom is -0.390 e. The zero-order valence-corrected chi connectivity index (χ0v) is 6.76. The molecule has 0 amide bonds. The molecule has 1 aliphatic heterocycles. The summed E-state index contributed by atoms with van der Waals surface area (Å²) >= 11 is 3.31. The number of β-amino-alcohol motifs (C(OH)–C–C–N with tert-alkyl or cyclic N) is 1. The smallest absolute Gasteiger partial charge is 0.0800 e. The van der Waals surface area contributed by atoms with Crippen LogP contribution in [0.25, 0.3) is 0 Å². The summed E-state index contributed by atoms with van der Waals surface area (Å²) in [4.78, 5) is 0. The van der Waals surface area contributed by atoms with Gasteiger partial charge in [0.15, 0.2) is 0 Å². The molecule has 0 aromatic rings. The Kier molecular flexibility index (Phi) is 2.91. The second kappa shape index (κ2) is 3.51. The zero-order chi connectivity index (χ0) is 6.69. The maximum atomic E-state index is 9.13. The first-order chi connectivity index (χ1) is 4.29. The first kappa shape index (κ1) is 7.47. The highest BCUT2D eigenvalue weighted by molar-refractivity contribution is 9.07. The molecule has 3 nitrogen and oxygen atoms in total. The molecule has 4 heteroatoms. The Morgan fingerprint density at radius 3 is 3.22 bits per heavy atom. The average molecular weight is 195 g/mol. The predicted molar refractivity (Wildman–Crippen MR) is 39.4 cm³/mol. The molecule has 1 rings (SSSR count). The fourth-order valence-corrected chi connectivity index (χ4v) is 1.37. The van der Waals surface area contributed by atoms with Crippen molar-refractivity contribution in [2.24, 2.45) is 0 Å². The highest BCUT2D eigenvalue weighted by Gasteiger charge is 2.11. The van der Waals surface area contributed by atoms with Crippen LogP contribution < -0.4 is 5.32 Å². The van der Waals surface area contributed by atoms with Gasteiger partial charge in [-0.1, -0.05) is 0 Å². The van der Waals surface area contributed by atoms with Gasteiger partial charge in [0, 0.05) is 42.3 Å². The van der Waals surface area contributed by atoms with E-state index in [1.54, 1.807) is 0 Å². The van der Waals surface area contributed by atoms with Crippen molar-refractivity contribution in [1.29, 1.82) is 0 Å². The van der Waals surface area contributed by atoms with Gasteiger partial charge < -0.3 is 10.4 Å². The molecule has 1 atom stereocenters. The highest BCUT2D eigenvalue weighted by Crippen LogP contribution is 2.00. The van der Waals surface area contributed by atoms with Crippen molar-refractivity contribution in [3.05, 3.63) is 0 Å². The normalized spacial score (nSPS) is 32.0. The van der Waals surface area contributed by atoms with E-state index in [1.807, 2.05) is 3.93 Å². The Labute approximate surface area is 63.4 Å². The van der Waals surface area contributed by atoms with Crippen LogP contribution in [-0.2, 0) is 0 Å². The SMILES string of the molecule is OC1CNCCN(Br)C1. The number of nitrogens with zero attached hydrogens (tertiary/aromatic N) is 1. The molecule has 1 saturated heterocycles. The van der Waals surface area contributed by atoms with Crippen LogP contribution >= 0.6 is 16.1 Å². The number of hydrogen-bond acceptors (Lipinski definition) is 3. The molecule has 0 saturated carbocycles. The van der Waals surface area contributed by atoms with Gasteiger partial charge in [0.05, 0.1) is 6.10 Å². The third-order valence-electron chi connectivity index (χ3n) is 1.32. The maximum Gasteiger partial charge on any atom is 0.0800 e. The van der Waals surface area contributed by atoms with Crippen molar-refractivity contribution in [3.63, 3.8) is 0 Å². The lowest BCUT2D eigenvalue weighted by Crippen LogP contribution is -2.27.